The molecule has 0 radical (unpaired) electrons. The van der Waals surface area contributed by atoms with Crippen LogP contribution in [0.5, 0.6) is 0 Å². The van der Waals surface area contributed by atoms with E-state index in [0.29, 0.717) is 0 Å². The first-order valence-electron chi connectivity index (χ1n) is 24.4. The van der Waals surface area contributed by atoms with Crippen LogP contribution >= 0.6 is 0 Å². The molecule has 0 amide bonds. The zero-order valence-electron chi connectivity index (χ0n) is 38.9. The van der Waals surface area contributed by atoms with Crippen LogP contribution in [0.4, 0.5) is 0 Å². The van der Waals surface area contributed by atoms with Gasteiger partial charge in [-0.15, -0.1) is 0 Å². The fourth-order valence-corrected chi connectivity index (χ4v) is 8.13. The standard InChI is InChI=1S/C51H80N2.2C2H5.Ni/c1-5-9-13-14-15-16-17-18-19-20-21-22-23-24-25-26-27-28-29-31-35-45-36-32-33-38-47(45)51-49(39-30-10-6-2)48(37-12-8-4)50(53(51)52)46-42-40-44(41-43-46)34-11-7-3;2*1-2;/h27-28,32-33,36,38,40-43H,5-26,29-31,34-35,37,39H2,1-4H3;2*1H2,2H3;/q;2*-1;+2. The van der Waals surface area contributed by atoms with Gasteiger partial charge >= 0.3 is 16.5 Å². The molecule has 1 heterocycles. The fourth-order valence-electron chi connectivity index (χ4n) is 8.13. The molecule has 0 saturated carbocycles. The van der Waals surface area contributed by atoms with Crippen molar-refractivity contribution in [1.82, 2.24) is 0 Å². The maximum atomic E-state index is 12.1. The molecule has 0 spiro atoms. The molecule has 0 N–H and O–H groups in total. The largest absolute Gasteiger partial charge is 2.00 e. The van der Waals surface area contributed by atoms with Gasteiger partial charge in [-0.1, -0.05) is 186 Å². The second-order valence-corrected chi connectivity index (χ2v) is 16.1. The Labute approximate surface area is 372 Å². The van der Waals surface area contributed by atoms with E-state index in [1.54, 1.807) is 18.5 Å². The molecule has 2 nitrogen and oxygen atoms in total. The van der Waals surface area contributed by atoms with E-state index in [1.165, 1.54) is 156 Å². The third-order valence-electron chi connectivity index (χ3n) is 11.4. The summed E-state index contributed by atoms with van der Waals surface area (Å²) in [5.74, 6) is 0. The van der Waals surface area contributed by atoms with Crippen molar-refractivity contribution in [3.63, 3.8) is 0 Å². The van der Waals surface area contributed by atoms with Crippen molar-refractivity contribution in [2.45, 2.75) is 228 Å². The van der Waals surface area contributed by atoms with Gasteiger partial charge in [0.15, 0.2) is 0 Å². The molecule has 330 valence electrons. The van der Waals surface area contributed by atoms with Crippen molar-refractivity contribution in [2.24, 2.45) is 0 Å². The molecule has 2 aromatic rings. The van der Waals surface area contributed by atoms with Gasteiger partial charge in [0.1, 0.15) is 0 Å². The van der Waals surface area contributed by atoms with E-state index in [1.807, 2.05) is 0 Å². The molecule has 1 aliphatic rings. The summed E-state index contributed by atoms with van der Waals surface area (Å²) in [6.07, 6.45) is 42.2. The Balaban J connectivity index is 0.00000629. The predicted octanol–water partition coefficient (Wildman–Crippen LogP) is 18.8. The van der Waals surface area contributed by atoms with Gasteiger partial charge in [-0.05, 0) is 100.0 Å². The molecule has 2 aromatic carbocycles. The van der Waals surface area contributed by atoms with E-state index < -0.39 is 0 Å². The van der Waals surface area contributed by atoms with Crippen molar-refractivity contribution in [3.05, 3.63) is 113 Å². The first kappa shape index (κ1) is 55.8. The van der Waals surface area contributed by atoms with Gasteiger partial charge in [0.25, 0.3) is 0 Å². The Morgan fingerprint density at radius 2 is 0.879 bits per heavy atom. The number of benzene rings is 2. The summed E-state index contributed by atoms with van der Waals surface area (Å²) in [5, 5.41) is 0. The van der Waals surface area contributed by atoms with Crippen LogP contribution in [-0.4, -0.2) is 4.70 Å². The van der Waals surface area contributed by atoms with Crippen LogP contribution < -0.4 is 0 Å². The van der Waals surface area contributed by atoms with Crippen molar-refractivity contribution < 1.29 is 21.2 Å². The minimum absolute atomic E-state index is 0. The zero-order valence-corrected chi connectivity index (χ0v) is 39.9. The Morgan fingerprint density at radius 3 is 1.43 bits per heavy atom. The van der Waals surface area contributed by atoms with Crippen LogP contribution in [0, 0.1) is 13.8 Å². The van der Waals surface area contributed by atoms with E-state index in [-0.39, 0.29) is 16.5 Å². The van der Waals surface area contributed by atoms with Crippen LogP contribution in [0.1, 0.15) is 237 Å². The molecule has 0 aliphatic carbocycles. The molecule has 1 aliphatic heterocycles. The molecule has 0 saturated heterocycles. The Morgan fingerprint density at radius 1 is 0.448 bits per heavy atom. The zero-order chi connectivity index (χ0) is 41.8. The molecule has 0 aromatic heterocycles. The average molecular weight is 838 g/mol. The second kappa shape index (κ2) is 38.9. The summed E-state index contributed by atoms with van der Waals surface area (Å²) in [6.45, 7) is 19.1. The van der Waals surface area contributed by atoms with E-state index >= 15 is 0 Å². The normalized spacial score (nSPS) is 12.4. The summed E-state index contributed by atoms with van der Waals surface area (Å²) in [5.41, 5.74) is 22.0. The minimum Gasteiger partial charge on any atom is -0.493 e. The smallest absolute Gasteiger partial charge is 0.493 e. The van der Waals surface area contributed by atoms with Crippen LogP contribution in [0.3, 0.4) is 0 Å². The van der Waals surface area contributed by atoms with Gasteiger partial charge < -0.3 is 19.4 Å². The molecule has 58 heavy (non-hydrogen) atoms. The number of unbranched alkanes of at least 4 members (excludes halogenated alkanes) is 20. The predicted molar refractivity (Wildman–Crippen MR) is 256 cm³/mol. The SMILES string of the molecule is CCCCCCCCCCCCCCCCCC=CCCCc1ccccc1C1=C(CCCCC)C(CCCC)=C(c2ccc(CCCC)cc2)[N+]1=[N-].[CH2-]C.[CH2-]C.[Ni+2]. The van der Waals surface area contributed by atoms with Crippen LogP contribution in [-0.2, 0) is 29.3 Å². The van der Waals surface area contributed by atoms with Gasteiger partial charge in [-0.2, -0.15) is 13.8 Å². The van der Waals surface area contributed by atoms with Gasteiger partial charge in [0.05, 0.1) is 0 Å². The Kier molecular flexibility index (Phi) is 37.4. The van der Waals surface area contributed by atoms with Crippen molar-refractivity contribution in [1.29, 1.82) is 0 Å². The van der Waals surface area contributed by atoms with Gasteiger partial charge in [0.2, 0.25) is 11.4 Å². The molecule has 0 bridgehead atoms. The van der Waals surface area contributed by atoms with Gasteiger partial charge in [-0.25, -0.2) is 4.70 Å². The summed E-state index contributed by atoms with van der Waals surface area (Å²) < 4.78 is 1.59. The van der Waals surface area contributed by atoms with Crippen LogP contribution in [0.25, 0.3) is 16.9 Å². The third-order valence-corrected chi connectivity index (χ3v) is 11.4. The summed E-state index contributed by atoms with van der Waals surface area (Å²) >= 11 is 0. The minimum atomic E-state index is 0. The van der Waals surface area contributed by atoms with Gasteiger partial charge in [-0.3, -0.25) is 0 Å². The molecule has 0 unspecified atom stereocenters. The monoisotopic (exact) mass is 837 g/mol. The van der Waals surface area contributed by atoms with Crippen molar-refractivity contribution >= 4 is 11.4 Å². The molecular formula is C55H90N2Ni. The quantitative estimate of drug-likeness (QED) is 0.0231. The summed E-state index contributed by atoms with van der Waals surface area (Å²) in [6, 6.07) is 17.9. The number of rotatable bonds is 32. The molecule has 0 atom stereocenters. The molecule has 0 fully saturated rings. The average Bonchev–Trinajstić information content (AvgIpc) is 3.52. The Bertz CT molecular complexity index is 1360. The Hall–Kier alpha value is -2.25. The van der Waals surface area contributed by atoms with Crippen LogP contribution in [0.15, 0.2) is 71.8 Å². The first-order chi connectivity index (χ1) is 28.2. The summed E-state index contributed by atoms with van der Waals surface area (Å²) in [4.78, 5) is 0. The van der Waals surface area contributed by atoms with Crippen molar-refractivity contribution in [3.8, 4) is 0 Å². The summed E-state index contributed by atoms with van der Waals surface area (Å²) in [7, 11) is 0. The van der Waals surface area contributed by atoms with E-state index in [0.717, 1.165) is 74.7 Å². The topological polar surface area (TPSA) is 25.3 Å². The van der Waals surface area contributed by atoms with Crippen molar-refractivity contribution in [2.75, 3.05) is 0 Å². The molecular weight excluding hydrogens is 747 g/mol. The third kappa shape index (κ3) is 22.4. The van der Waals surface area contributed by atoms with Gasteiger partial charge in [0, 0.05) is 22.3 Å². The van der Waals surface area contributed by atoms with E-state index in [9.17, 15) is 5.53 Å². The number of hydrogen-bond donors (Lipinski definition) is 0. The number of allylic oxidation sites excluding steroid dienone is 4. The molecule has 3 rings (SSSR count). The van der Waals surface area contributed by atoms with Crippen LogP contribution in [0.2, 0.25) is 0 Å². The second-order valence-electron chi connectivity index (χ2n) is 16.1. The molecule has 3 heteroatoms. The maximum Gasteiger partial charge on any atom is 2.00 e. The number of aryl methyl sites for hydroxylation is 2. The fraction of sp³-hybridized carbons (Fsp3) is 0.636. The maximum absolute atomic E-state index is 12.1. The van der Waals surface area contributed by atoms with E-state index in [4.69, 9.17) is 0 Å². The number of nitrogens with zero attached hydrogens (tertiary/aromatic N) is 2. The first-order valence-corrected chi connectivity index (χ1v) is 24.4. The van der Waals surface area contributed by atoms with E-state index in [2.05, 4.69) is 102 Å². The number of hydrogen-bond acceptors (Lipinski definition) is 0.